The SMILES string of the molecule is CCNC(=NCCCN1CCCC1=O)NCCOCCC(C)C.I. The normalized spacial score (nSPS) is 14.9. The average Bonchev–Trinajstić information content (AvgIpc) is 2.92. The Hall–Kier alpha value is -0.570. The summed E-state index contributed by atoms with van der Waals surface area (Å²) in [6, 6.07) is 0. The molecule has 1 rings (SSSR count). The molecule has 0 aromatic rings. The zero-order valence-corrected chi connectivity index (χ0v) is 17.8. The van der Waals surface area contributed by atoms with Crippen molar-refractivity contribution in [3.05, 3.63) is 0 Å². The first kappa shape index (κ1) is 23.4. The summed E-state index contributed by atoms with van der Waals surface area (Å²) in [4.78, 5) is 18.0. The Morgan fingerprint density at radius 1 is 1.33 bits per heavy atom. The molecule has 1 heterocycles. The van der Waals surface area contributed by atoms with E-state index in [9.17, 15) is 4.79 Å². The van der Waals surface area contributed by atoms with E-state index in [-0.39, 0.29) is 29.9 Å². The highest BCUT2D eigenvalue weighted by atomic mass is 127. The maximum atomic E-state index is 11.5. The van der Waals surface area contributed by atoms with Gasteiger partial charge in [0.05, 0.1) is 6.61 Å². The number of amides is 1. The van der Waals surface area contributed by atoms with Crippen molar-refractivity contribution in [2.24, 2.45) is 10.9 Å². The number of carbonyl (C=O) groups excluding carboxylic acids is 1. The molecule has 0 bridgehead atoms. The minimum atomic E-state index is 0. The van der Waals surface area contributed by atoms with Crippen molar-refractivity contribution in [2.75, 3.05) is 45.9 Å². The zero-order valence-electron chi connectivity index (χ0n) is 15.5. The van der Waals surface area contributed by atoms with Gasteiger partial charge in [-0.1, -0.05) is 13.8 Å². The summed E-state index contributed by atoms with van der Waals surface area (Å²) in [5.74, 6) is 1.80. The van der Waals surface area contributed by atoms with Crippen molar-refractivity contribution in [1.29, 1.82) is 0 Å². The molecule has 24 heavy (non-hydrogen) atoms. The van der Waals surface area contributed by atoms with Crippen molar-refractivity contribution in [3.8, 4) is 0 Å². The van der Waals surface area contributed by atoms with Crippen LogP contribution in [0.2, 0.25) is 0 Å². The molecule has 2 N–H and O–H groups in total. The van der Waals surface area contributed by atoms with Gasteiger partial charge in [-0.3, -0.25) is 9.79 Å². The van der Waals surface area contributed by atoms with E-state index in [0.717, 1.165) is 64.6 Å². The van der Waals surface area contributed by atoms with Crippen LogP contribution in [0.15, 0.2) is 4.99 Å². The fourth-order valence-corrected chi connectivity index (χ4v) is 2.40. The first-order chi connectivity index (χ1) is 11.1. The smallest absolute Gasteiger partial charge is 0.222 e. The lowest BCUT2D eigenvalue weighted by molar-refractivity contribution is -0.127. The Kier molecular flexibility index (Phi) is 14.4. The first-order valence-electron chi connectivity index (χ1n) is 9.01. The van der Waals surface area contributed by atoms with Crippen LogP contribution < -0.4 is 10.6 Å². The highest BCUT2D eigenvalue weighted by molar-refractivity contribution is 14.0. The van der Waals surface area contributed by atoms with Crippen LogP contribution in [0.25, 0.3) is 0 Å². The van der Waals surface area contributed by atoms with Crippen LogP contribution in [0.1, 0.15) is 46.5 Å². The zero-order chi connectivity index (χ0) is 16.9. The Bertz CT molecular complexity index is 364. The van der Waals surface area contributed by atoms with Gasteiger partial charge in [0.15, 0.2) is 5.96 Å². The molecule has 1 aliphatic heterocycles. The molecule has 6 nitrogen and oxygen atoms in total. The van der Waals surface area contributed by atoms with Crippen molar-refractivity contribution in [1.82, 2.24) is 15.5 Å². The molecule has 1 fully saturated rings. The minimum Gasteiger partial charge on any atom is -0.380 e. The highest BCUT2D eigenvalue weighted by Crippen LogP contribution is 2.09. The van der Waals surface area contributed by atoms with Gasteiger partial charge in [0.25, 0.3) is 0 Å². The van der Waals surface area contributed by atoms with Crippen LogP contribution in [-0.2, 0) is 9.53 Å². The van der Waals surface area contributed by atoms with E-state index in [2.05, 4.69) is 36.4 Å². The molecule has 1 saturated heterocycles. The fourth-order valence-electron chi connectivity index (χ4n) is 2.40. The minimum absolute atomic E-state index is 0. The molecular formula is C17H35IN4O2. The molecule has 1 aliphatic rings. The van der Waals surface area contributed by atoms with Gasteiger partial charge in [0, 0.05) is 45.8 Å². The topological polar surface area (TPSA) is 66.0 Å². The molecule has 0 aliphatic carbocycles. The molecule has 0 aromatic carbocycles. The average molecular weight is 454 g/mol. The lowest BCUT2D eigenvalue weighted by Crippen LogP contribution is -2.39. The van der Waals surface area contributed by atoms with E-state index in [1.807, 2.05) is 4.90 Å². The van der Waals surface area contributed by atoms with Crippen LogP contribution in [0.4, 0.5) is 0 Å². The number of hydrogen-bond donors (Lipinski definition) is 2. The fraction of sp³-hybridized carbons (Fsp3) is 0.882. The third-order valence-electron chi connectivity index (χ3n) is 3.75. The van der Waals surface area contributed by atoms with Gasteiger partial charge in [-0.05, 0) is 32.1 Å². The summed E-state index contributed by atoms with van der Waals surface area (Å²) in [6.07, 6.45) is 3.73. The summed E-state index contributed by atoms with van der Waals surface area (Å²) in [7, 11) is 0. The third-order valence-corrected chi connectivity index (χ3v) is 3.75. The van der Waals surface area contributed by atoms with Crippen LogP contribution in [0.5, 0.6) is 0 Å². The van der Waals surface area contributed by atoms with Crippen LogP contribution >= 0.6 is 24.0 Å². The largest absolute Gasteiger partial charge is 0.380 e. The monoisotopic (exact) mass is 454 g/mol. The summed E-state index contributed by atoms with van der Waals surface area (Å²) < 4.78 is 5.59. The van der Waals surface area contributed by atoms with E-state index in [0.29, 0.717) is 18.9 Å². The summed E-state index contributed by atoms with van der Waals surface area (Å²) in [5.41, 5.74) is 0. The number of halogens is 1. The van der Waals surface area contributed by atoms with Gasteiger partial charge < -0.3 is 20.3 Å². The molecule has 1 amide bonds. The van der Waals surface area contributed by atoms with Crippen LogP contribution in [0, 0.1) is 5.92 Å². The molecule has 0 saturated carbocycles. The van der Waals surface area contributed by atoms with Crippen molar-refractivity contribution >= 4 is 35.8 Å². The van der Waals surface area contributed by atoms with Crippen molar-refractivity contribution in [2.45, 2.75) is 46.5 Å². The van der Waals surface area contributed by atoms with E-state index in [4.69, 9.17) is 4.74 Å². The van der Waals surface area contributed by atoms with Gasteiger partial charge in [0.2, 0.25) is 5.91 Å². The predicted molar refractivity (Wildman–Crippen MR) is 110 cm³/mol. The Morgan fingerprint density at radius 3 is 2.75 bits per heavy atom. The molecule has 0 spiro atoms. The van der Waals surface area contributed by atoms with Gasteiger partial charge in [0.1, 0.15) is 0 Å². The third kappa shape index (κ3) is 11.1. The number of nitrogens with one attached hydrogen (secondary N) is 2. The second-order valence-corrected chi connectivity index (χ2v) is 6.32. The van der Waals surface area contributed by atoms with E-state index in [1.165, 1.54) is 0 Å². The number of carbonyl (C=O) groups is 1. The van der Waals surface area contributed by atoms with Gasteiger partial charge in [-0.15, -0.1) is 24.0 Å². The number of hydrogen-bond acceptors (Lipinski definition) is 3. The second-order valence-electron chi connectivity index (χ2n) is 6.32. The second kappa shape index (κ2) is 14.7. The molecule has 0 unspecified atom stereocenters. The van der Waals surface area contributed by atoms with Crippen molar-refractivity contribution in [3.63, 3.8) is 0 Å². The lowest BCUT2D eigenvalue weighted by atomic mass is 10.1. The Morgan fingerprint density at radius 2 is 2.12 bits per heavy atom. The summed E-state index contributed by atoms with van der Waals surface area (Å²) in [5, 5.41) is 6.51. The molecular weight excluding hydrogens is 419 g/mol. The van der Waals surface area contributed by atoms with E-state index >= 15 is 0 Å². The molecule has 0 radical (unpaired) electrons. The number of rotatable bonds is 11. The van der Waals surface area contributed by atoms with Crippen LogP contribution in [0.3, 0.4) is 0 Å². The predicted octanol–water partition coefficient (Wildman–Crippen LogP) is 2.23. The molecule has 142 valence electrons. The lowest BCUT2D eigenvalue weighted by Gasteiger charge is -2.15. The van der Waals surface area contributed by atoms with Gasteiger partial charge in [-0.25, -0.2) is 0 Å². The quantitative estimate of drug-likeness (QED) is 0.218. The standard InChI is InChI=1S/C17H34N4O2.HI/c1-4-18-17(20-10-14-23-13-8-15(2)3)19-9-6-12-21-11-5-7-16(21)22;/h15H,4-14H2,1-3H3,(H2,18,19,20);1H. The number of ether oxygens (including phenoxy) is 1. The summed E-state index contributed by atoms with van der Waals surface area (Å²) in [6.45, 7) is 12.0. The molecule has 0 aromatic heterocycles. The number of nitrogens with zero attached hydrogens (tertiary/aromatic N) is 2. The molecule has 0 atom stereocenters. The highest BCUT2D eigenvalue weighted by Gasteiger charge is 2.18. The van der Waals surface area contributed by atoms with Gasteiger partial charge in [-0.2, -0.15) is 0 Å². The van der Waals surface area contributed by atoms with Gasteiger partial charge >= 0.3 is 0 Å². The summed E-state index contributed by atoms with van der Waals surface area (Å²) >= 11 is 0. The number of guanidine groups is 1. The number of aliphatic imine (C=N–C) groups is 1. The maximum absolute atomic E-state index is 11.5. The first-order valence-corrected chi connectivity index (χ1v) is 9.01. The maximum Gasteiger partial charge on any atom is 0.222 e. The van der Waals surface area contributed by atoms with E-state index < -0.39 is 0 Å². The molecule has 7 heteroatoms. The Labute approximate surface area is 164 Å². The van der Waals surface area contributed by atoms with Crippen molar-refractivity contribution < 1.29 is 9.53 Å². The van der Waals surface area contributed by atoms with Crippen LogP contribution in [-0.4, -0.2) is 62.7 Å². The van der Waals surface area contributed by atoms with E-state index in [1.54, 1.807) is 0 Å². The number of likely N-dealkylation sites (tertiary alicyclic amines) is 1. The Balaban J connectivity index is 0.00000529.